The van der Waals surface area contributed by atoms with E-state index in [0.29, 0.717) is 18.1 Å². The first kappa shape index (κ1) is 13.2. The third-order valence-corrected chi connectivity index (χ3v) is 4.10. The highest BCUT2D eigenvalue weighted by Gasteiger charge is 2.29. The van der Waals surface area contributed by atoms with Gasteiger partial charge in [0.1, 0.15) is 5.01 Å². The van der Waals surface area contributed by atoms with Crippen LogP contribution in [-0.2, 0) is 12.0 Å². The van der Waals surface area contributed by atoms with Crippen molar-refractivity contribution in [3.63, 3.8) is 0 Å². The summed E-state index contributed by atoms with van der Waals surface area (Å²) in [5, 5.41) is 6.99. The number of thiazole rings is 1. The highest BCUT2D eigenvalue weighted by molar-refractivity contribution is 7.09. The minimum absolute atomic E-state index is 0.510. The van der Waals surface area contributed by atoms with Gasteiger partial charge in [0.05, 0.1) is 12.0 Å². The molecule has 0 radical (unpaired) electrons. The third kappa shape index (κ3) is 2.59. The fourth-order valence-corrected chi connectivity index (χ4v) is 2.47. The molecule has 0 amide bonds. The first-order chi connectivity index (χ1) is 8.57. The molecule has 0 bridgehead atoms. The molecule has 2 aromatic rings. The minimum atomic E-state index is -0.510. The molecule has 0 atom stereocenters. The molecule has 0 saturated carbocycles. The lowest BCUT2D eigenvalue weighted by Gasteiger charge is -2.20. The van der Waals surface area contributed by atoms with Gasteiger partial charge in [0, 0.05) is 11.1 Å². The Morgan fingerprint density at radius 2 is 2.06 bits per heavy atom. The number of aryl methyl sites for hydroxylation is 1. The molecule has 2 rings (SSSR count). The molecular weight excluding hydrogens is 248 g/mol. The quantitative estimate of drug-likeness (QED) is 0.899. The number of aromatic nitrogens is 3. The van der Waals surface area contributed by atoms with Crippen molar-refractivity contribution < 1.29 is 4.52 Å². The van der Waals surface area contributed by atoms with Crippen LogP contribution in [0.3, 0.4) is 0 Å². The molecular formula is C12H18N4OS. The van der Waals surface area contributed by atoms with Crippen LogP contribution in [0.15, 0.2) is 9.90 Å². The molecule has 18 heavy (non-hydrogen) atoms. The smallest absolute Gasteiger partial charge is 0.246 e. The fourth-order valence-electron chi connectivity index (χ4n) is 1.70. The zero-order chi connectivity index (χ0) is 13.2. The van der Waals surface area contributed by atoms with Crippen molar-refractivity contribution in [1.29, 1.82) is 0 Å². The Morgan fingerprint density at radius 1 is 1.33 bits per heavy atom. The number of nitrogens with two attached hydrogens (primary N) is 1. The van der Waals surface area contributed by atoms with Crippen molar-refractivity contribution >= 4 is 11.3 Å². The largest absolute Gasteiger partial charge is 0.337 e. The molecule has 0 aliphatic heterocycles. The number of rotatable bonds is 5. The highest BCUT2D eigenvalue weighted by atomic mass is 32.1. The van der Waals surface area contributed by atoms with Gasteiger partial charge < -0.3 is 10.3 Å². The molecule has 0 aliphatic rings. The van der Waals surface area contributed by atoms with Gasteiger partial charge in [0.25, 0.3) is 0 Å². The van der Waals surface area contributed by atoms with E-state index < -0.39 is 5.54 Å². The van der Waals surface area contributed by atoms with Gasteiger partial charge in [-0.3, -0.25) is 0 Å². The topological polar surface area (TPSA) is 77.8 Å². The Kier molecular flexibility index (Phi) is 3.77. The lowest BCUT2D eigenvalue weighted by Crippen LogP contribution is -2.35. The molecule has 0 saturated heterocycles. The maximum atomic E-state index is 6.22. The van der Waals surface area contributed by atoms with Crippen LogP contribution in [0.2, 0.25) is 0 Å². The van der Waals surface area contributed by atoms with Crippen molar-refractivity contribution in [1.82, 2.24) is 15.1 Å². The number of hydrogen-bond acceptors (Lipinski definition) is 6. The summed E-state index contributed by atoms with van der Waals surface area (Å²) in [4.78, 5) is 8.78. The summed E-state index contributed by atoms with van der Waals surface area (Å²) in [6.07, 6.45) is 2.16. The van der Waals surface area contributed by atoms with Gasteiger partial charge in [0.2, 0.25) is 5.89 Å². The summed E-state index contributed by atoms with van der Waals surface area (Å²) in [6.45, 7) is 6.02. The zero-order valence-corrected chi connectivity index (χ0v) is 11.8. The lowest BCUT2D eigenvalue weighted by atomic mass is 9.94. The second-order valence-electron chi connectivity index (χ2n) is 4.44. The molecule has 2 N–H and O–H groups in total. The maximum absolute atomic E-state index is 6.22. The van der Waals surface area contributed by atoms with E-state index in [-0.39, 0.29) is 0 Å². The maximum Gasteiger partial charge on any atom is 0.246 e. The second-order valence-corrected chi connectivity index (χ2v) is 5.38. The normalized spacial score (nSPS) is 12.0. The first-order valence-corrected chi connectivity index (χ1v) is 6.98. The van der Waals surface area contributed by atoms with Gasteiger partial charge >= 0.3 is 0 Å². The average molecular weight is 266 g/mol. The molecule has 2 aromatic heterocycles. The molecule has 0 fully saturated rings. The van der Waals surface area contributed by atoms with Crippen LogP contribution in [0.4, 0.5) is 0 Å². The Balaban J connectivity index is 2.15. The van der Waals surface area contributed by atoms with Gasteiger partial charge in [-0.05, 0) is 19.8 Å². The van der Waals surface area contributed by atoms with Crippen molar-refractivity contribution in [2.24, 2.45) is 5.73 Å². The van der Waals surface area contributed by atoms with Gasteiger partial charge in [-0.2, -0.15) is 4.98 Å². The second kappa shape index (κ2) is 5.16. The Bertz CT molecular complexity index is 516. The Hall–Kier alpha value is -1.27. The molecule has 98 valence electrons. The van der Waals surface area contributed by atoms with E-state index in [1.807, 2.05) is 26.2 Å². The average Bonchev–Trinajstić information content (AvgIpc) is 2.98. The lowest BCUT2D eigenvalue weighted by molar-refractivity contribution is 0.267. The van der Waals surface area contributed by atoms with E-state index in [4.69, 9.17) is 10.3 Å². The minimum Gasteiger partial charge on any atom is -0.337 e. The fraction of sp³-hybridized carbons (Fsp3) is 0.583. The van der Waals surface area contributed by atoms with E-state index in [1.54, 1.807) is 11.3 Å². The third-order valence-electron chi connectivity index (χ3n) is 3.13. The predicted molar refractivity (Wildman–Crippen MR) is 70.4 cm³/mol. The molecule has 0 aromatic carbocycles. The standard InChI is InChI=1S/C12H18N4OS/c1-4-12(13,5-2)11-15-9(16-17-11)6-10-14-8(3)7-18-10/h7H,4-6,13H2,1-3H3. The summed E-state index contributed by atoms with van der Waals surface area (Å²) >= 11 is 1.61. The molecule has 6 heteroatoms. The number of nitrogens with zero attached hydrogens (tertiary/aromatic N) is 3. The Labute approximate surface area is 110 Å². The molecule has 0 spiro atoms. The monoisotopic (exact) mass is 266 g/mol. The SMILES string of the molecule is CCC(N)(CC)c1nc(Cc2nc(C)cs2)no1. The Morgan fingerprint density at radius 3 is 2.61 bits per heavy atom. The van der Waals surface area contributed by atoms with Crippen LogP contribution in [0.1, 0.15) is 49.1 Å². The van der Waals surface area contributed by atoms with E-state index in [2.05, 4.69) is 15.1 Å². The van der Waals surface area contributed by atoms with Crippen LogP contribution in [0, 0.1) is 6.92 Å². The van der Waals surface area contributed by atoms with E-state index in [9.17, 15) is 0 Å². The first-order valence-electron chi connectivity index (χ1n) is 6.10. The molecule has 0 unspecified atom stereocenters. The van der Waals surface area contributed by atoms with Crippen LogP contribution >= 0.6 is 11.3 Å². The van der Waals surface area contributed by atoms with Crippen molar-refractivity contribution in [3.05, 3.63) is 27.8 Å². The predicted octanol–water partition coefficient (Wildman–Crippen LogP) is 2.40. The van der Waals surface area contributed by atoms with Gasteiger partial charge in [-0.25, -0.2) is 4.98 Å². The van der Waals surface area contributed by atoms with E-state index >= 15 is 0 Å². The van der Waals surface area contributed by atoms with Crippen LogP contribution in [0.5, 0.6) is 0 Å². The molecule has 5 nitrogen and oxygen atoms in total. The van der Waals surface area contributed by atoms with Gasteiger partial charge in [-0.1, -0.05) is 19.0 Å². The van der Waals surface area contributed by atoms with Crippen molar-refractivity contribution in [2.75, 3.05) is 0 Å². The van der Waals surface area contributed by atoms with Crippen LogP contribution in [0.25, 0.3) is 0 Å². The van der Waals surface area contributed by atoms with Crippen LogP contribution < -0.4 is 5.73 Å². The van der Waals surface area contributed by atoms with Crippen molar-refractivity contribution in [3.8, 4) is 0 Å². The zero-order valence-electron chi connectivity index (χ0n) is 10.9. The molecule has 2 heterocycles. The number of hydrogen-bond donors (Lipinski definition) is 1. The molecule has 0 aliphatic carbocycles. The van der Waals surface area contributed by atoms with Crippen LogP contribution in [-0.4, -0.2) is 15.1 Å². The summed E-state index contributed by atoms with van der Waals surface area (Å²) < 4.78 is 5.28. The summed E-state index contributed by atoms with van der Waals surface area (Å²) in [5.41, 5.74) is 6.73. The highest BCUT2D eigenvalue weighted by Crippen LogP contribution is 2.24. The summed E-state index contributed by atoms with van der Waals surface area (Å²) in [7, 11) is 0. The van der Waals surface area contributed by atoms with E-state index in [1.165, 1.54) is 0 Å². The van der Waals surface area contributed by atoms with Crippen molar-refractivity contribution in [2.45, 2.75) is 45.6 Å². The van der Waals surface area contributed by atoms with Gasteiger partial charge in [-0.15, -0.1) is 11.3 Å². The van der Waals surface area contributed by atoms with Gasteiger partial charge in [0.15, 0.2) is 5.82 Å². The summed E-state index contributed by atoms with van der Waals surface area (Å²) in [5.74, 6) is 1.17. The summed E-state index contributed by atoms with van der Waals surface area (Å²) in [6, 6.07) is 0. The van der Waals surface area contributed by atoms with E-state index in [0.717, 1.165) is 23.5 Å².